The number of hydrogen-bond donors (Lipinski definition) is 2. The third-order valence-corrected chi connectivity index (χ3v) is 5.68. The van der Waals surface area contributed by atoms with E-state index in [1.54, 1.807) is 0 Å². The zero-order valence-electron chi connectivity index (χ0n) is 9.86. The Kier molecular flexibility index (Phi) is 2.13. The molecule has 4 rings (SSSR count). The summed E-state index contributed by atoms with van der Waals surface area (Å²) in [5.41, 5.74) is 6.29. The van der Waals surface area contributed by atoms with E-state index in [1.165, 1.54) is 19.3 Å². The van der Waals surface area contributed by atoms with Gasteiger partial charge in [-0.2, -0.15) is 0 Å². The quantitative estimate of drug-likeness (QED) is 0.751. The van der Waals surface area contributed by atoms with E-state index in [2.05, 4.69) is 0 Å². The van der Waals surface area contributed by atoms with Gasteiger partial charge in [-0.05, 0) is 55.3 Å². The van der Waals surface area contributed by atoms with Gasteiger partial charge in [0.2, 0.25) is 0 Å². The lowest BCUT2D eigenvalue weighted by Gasteiger charge is -2.61. The number of rotatable bonds is 2. The van der Waals surface area contributed by atoms with Crippen molar-refractivity contribution >= 4 is 5.97 Å². The van der Waals surface area contributed by atoms with Crippen LogP contribution in [-0.4, -0.2) is 17.1 Å². The largest absolute Gasteiger partial charge is 0.481 e. The Balaban J connectivity index is 1.96. The van der Waals surface area contributed by atoms with Gasteiger partial charge in [0.05, 0.1) is 5.92 Å². The number of nitrogens with two attached hydrogens (primary N) is 1. The molecule has 0 heterocycles. The zero-order valence-corrected chi connectivity index (χ0v) is 9.86. The van der Waals surface area contributed by atoms with Crippen molar-refractivity contribution < 1.29 is 9.90 Å². The van der Waals surface area contributed by atoms with Gasteiger partial charge in [-0.15, -0.1) is 0 Å². The highest BCUT2D eigenvalue weighted by molar-refractivity contribution is 5.71. The first-order valence-electron chi connectivity index (χ1n) is 6.51. The maximum Gasteiger partial charge on any atom is 0.306 e. The monoisotopic (exact) mass is 223 g/mol. The molecule has 4 saturated carbocycles. The Morgan fingerprint density at radius 2 is 1.88 bits per heavy atom. The Morgan fingerprint density at radius 3 is 2.38 bits per heavy atom. The fourth-order valence-electron chi connectivity index (χ4n) is 5.03. The van der Waals surface area contributed by atoms with Crippen molar-refractivity contribution in [1.29, 1.82) is 0 Å². The smallest absolute Gasteiger partial charge is 0.306 e. The molecule has 4 unspecified atom stereocenters. The second-order valence-electron chi connectivity index (χ2n) is 6.43. The molecule has 0 aromatic heterocycles. The number of aliphatic carboxylic acids is 1. The minimum atomic E-state index is -0.655. The van der Waals surface area contributed by atoms with Crippen LogP contribution in [-0.2, 0) is 4.79 Å². The lowest BCUT2D eigenvalue weighted by atomic mass is 9.44. The van der Waals surface area contributed by atoms with E-state index in [0.717, 1.165) is 24.7 Å². The third-order valence-electron chi connectivity index (χ3n) is 5.68. The molecule has 4 atom stereocenters. The molecule has 0 aromatic rings. The second kappa shape index (κ2) is 3.22. The second-order valence-corrected chi connectivity index (χ2v) is 6.43. The molecule has 4 aliphatic carbocycles. The summed E-state index contributed by atoms with van der Waals surface area (Å²) in [4.78, 5) is 11.3. The molecule has 4 aliphatic rings. The summed E-state index contributed by atoms with van der Waals surface area (Å²) in [5.74, 6) is 1.21. The molecule has 0 radical (unpaired) electrons. The molecular formula is C13H21NO2. The SMILES string of the molecule is CC(C(=O)O)C12CC3CC(CC(C3)C1N)C2. The number of carbonyl (C=O) groups is 1. The fourth-order valence-corrected chi connectivity index (χ4v) is 5.03. The van der Waals surface area contributed by atoms with Gasteiger partial charge in [0.25, 0.3) is 0 Å². The minimum absolute atomic E-state index is 0.0828. The van der Waals surface area contributed by atoms with Gasteiger partial charge in [0, 0.05) is 6.04 Å². The lowest BCUT2D eigenvalue weighted by Crippen LogP contribution is -2.62. The van der Waals surface area contributed by atoms with Crippen molar-refractivity contribution in [3.05, 3.63) is 0 Å². The number of carboxylic acid groups (broad SMARTS) is 1. The molecular weight excluding hydrogens is 202 g/mol. The maximum absolute atomic E-state index is 11.3. The van der Waals surface area contributed by atoms with Gasteiger partial charge in [0.1, 0.15) is 0 Å². The first-order chi connectivity index (χ1) is 7.53. The van der Waals surface area contributed by atoms with E-state index >= 15 is 0 Å². The van der Waals surface area contributed by atoms with Crippen molar-refractivity contribution in [1.82, 2.24) is 0 Å². The predicted octanol–water partition coefficient (Wildman–Crippen LogP) is 1.86. The topological polar surface area (TPSA) is 63.3 Å². The first-order valence-corrected chi connectivity index (χ1v) is 6.51. The van der Waals surface area contributed by atoms with E-state index in [-0.39, 0.29) is 17.4 Å². The average molecular weight is 223 g/mol. The Labute approximate surface area is 96.4 Å². The summed E-state index contributed by atoms with van der Waals surface area (Å²) < 4.78 is 0. The molecule has 0 aliphatic heterocycles. The van der Waals surface area contributed by atoms with Gasteiger partial charge >= 0.3 is 5.97 Å². The Morgan fingerprint density at radius 1 is 1.31 bits per heavy atom. The van der Waals surface area contributed by atoms with Crippen molar-refractivity contribution in [3.8, 4) is 0 Å². The summed E-state index contributed by atoms with van der Waals surface area (Å²) in [6.45, 7) is 1.87. The van der Waals surface area contributed by atoms with E-state index < -0.39 is 5.97 Å². The minimum Gasteiger partial charge on any atom is -0.481 e. The van der Waals surface area contributed by atoms with E-state index in [4.69, 9.17) is 5.73 Å². The molecule has 4 fully saturated rings. The standard InChI is InChI=1S/C13H21NO2/c1-7(12(15)16)13-5-8-2-9(6-13)4-10(3-8)11(13)14/h7-11H,2-6,14H2,1H3,(H,15,16). The summed E-state index contributed by atoms with van der Waals surface area (Å²) in [7, 11) is 0. The molecule has 0 saturated heterocycles. The molecule has 16 heavy (non-hydrogen) atoms. The zero-order chi connectivity index (χ0) is 11.5. The molecule has 0 aromatic carbocycles. The van der Waals surface area contributed by atoms with Gasteiger partial charge in [-0.25, -0.2) is 0 Å². The summed E-state index contributed by atoms with van der Waals surface area (Å²) in [6, 6.07) is 0.131. The van der Waals surface area contributed by atoms with Crippen LogP contribution in [0.1, 0.15) is 39.0 Å². The highest BCUT2D eigenvalue weighted by Crippen LogP contribution is 2.62. The molecule has 90 valence electrons. The molecule has 3 heteroatoms. The van der Waals surface area contributed by atoms with Crippen LogP contribution in [0.4, 0.5) is 0 Å². The molecule has 3 nitrogen and oxygen atoms in total. The molecule has 4 bridgehead atoms. The van der Waals surface area contributed by atoms with Crippen LogP contribution in [0.3, 0.4) is 0 Å². The average Bonchev–Trinajstić information content (AvgIpc) is 2.23. The Bertz CT molecular complexity index is 314. The van der Waals surface area contributed by atoms with Crippen LogP contribution in [0.2, 0.25) is 0 Å². The van der Waals surface area contributed by atoms with Crippen molar-refractivity contribution in [2.24, 2.45) is 34.8 Å². The fraction of sp³-hybridized carbons (Fsp3) is 0.923. The van der Waals surface area contributed by atoms with Crippen LogP contribution in [0.15, 0.2) is 0 Å². The summed E-state index contributed by atoms with van der Waals surface area (Å²) in [5, 5.41) is 9.30. The van der Waals surface area contributed by atoms with Gasteiger partial charge in [-0.3, -0.25) is 4.79 Å². The predicted molar refractivity (Wildman–Crippen MR) is 60.8 cm³/mol. The lowest BCUT2D eigenvalue weighted by molar-refractivity contribution is -0.159. The van der Waals surface area contributed by atoms with Crippen molar-refractivity contribution in [2.45, 2.75) is 45.1 Å². The van der Waals surface area contributed by atoms with Crippen LogP contribution in [0, 0.1) is 29.1 Å². The molecule has 0 amide bonds. The highest BCUT2D eigenvalue weighted by Gasteiger charge is 2.59. The van der Waals surface area contributed by atoms with Crippen LogP contribution >= 0.6 is 0 Å². The summed E-state index contributed by atoms with van der Waals surface area (Å²) in [6.07, 6.45) is 5.97. The highest BCUT2D eigenvalue weighted by atomic mass is 16.4. The van der Waals surface area contributed by atoms with Crippen LogP contribution < -0.4 is 5.73 Å². The summed E-state index contributed by atoms with van der Waals surface area (Å²) >= 11 is 0. The Hall–Kier alpha value is -0.570. The van der Waals surface area contributed by atoms with E-state index in [0.29, 0.717) is 5.92 Å². The van der Waals surface area contributed by atoms with Gasteiger partial charge < -0.3 is 10.8 Å². The van der Waals surface area contributed by atoms with Gasteiger partial charge in [-0.1, -0.05) is 6.92 Å². The van der Waals surface area contributed by atoms with Crippen LogP contribution in [0.25, 0.3) is 0 Å². The van der Waals surface area contributed by atoms with Crippen molar-refractivity contribution in [2.75, 3.05) is 0 Å². The van der Waals surface area contributed by atoms with Gasteiger partial charge in [0.15, 0.2) is 0 Å². The molecule has 3 N–H and O–H groups in total. The molecule has 0 spiro atoms. The van der Waals surface area contributed by atoms with E-state index in [9.17, 15) is 9.90 Å². The van der Waals surface area contributed by atoms with Crippen LogP contribution in [0.5, 0.6) is 0 Å². The maximum atomic E-state index is 11.3. The normalized spacial score (nSPS) is 51.6. The third kappa shape index (κ3) is 1.21. The number of carboxylic acids is 1. The van der Waals surface area contributed by atoms with Crippen molar-refractivity contribution in [3.63, 3.8) is 0 Å². The first kappa shape index (κ1) is 10.6. The number of hydrogen-bond acceptors (Lipinski definition) is 2. The van der Waals surface area contributed by atoms with E-state index in [1.807, 2.05) is 6.92 Å².